The molecular weight excluding hydrogens is 707 g/mol. The highest BCUT2D eigenvalue weighted by molar-refractivity contribution is 5.76. The lowest BCUT2D eigenvalue weighted by molar-refractivity contribution is -0.143. The van der Waals surface area contributed by atoms with E-state index in [1.807, 2.05) is 6.08 Å². The Bertz CT molecular complexity index is 889. The molecule has 0 bridgehead atoms. The number of hydrogen-bond donors (Lipinski definition) is 3. The van der Waals surface area contributed by atoms with Gasteiger partial charge in [0, 0.05) is 12.8 Å². The predicted octanol–water partition coefficient (Wildman–Crippen LogP) is 14.7. The fourth-order valence-corrected chi connectivity index (χ4v) is 7.55. The summed E-state index contributed by atoms with van der Waals surface area (Å²) in [6, 6.07) is -0.635. The van der Waals surface area contributed by atoms with Crippen LogP contribution in [0.15, 0.2) is 24.3 Å². The summed E-state index contributed by atoms with van der Waals surface area (Å²) in [7, 11) is 0. The molecule has 336 valence electrons. The largest absolute Gasteiger partial charge is 0.466 e. The molecule has 0 saturated heterocycles. The maximum Gasteiger partial charge on any atom is 0.305 e. The Morgan fingerprint density at radius 3 is 1.30 bits per heavy atom. The molecule has 2 unspecified atom stereocenters. The lowest BCUT2D eigenvalue weighted by atomic mass is 10.0. The van der Waals surface area contributed by atoms with E-state index in [2.05, 4.69) is 31.3 Å². The van der Waals surface area contributed by atoms with Crippen molar-refractivity contribution in [3.63, 3.8) is 0 Å². The highest BCUT2D eigenvalue weighted by Gasteiger charge is 2.18. The number of rotatable bonds is 46. The number of aliphatic hydroxyl groups is 2. The maximum atomic E-state index is 12.4. The first-order valence-electron chi connectivity index (χ1n) is 25.1. The van der Waals surface area contributed by atoms with Crippen molar-refractivity contribution in [1.29, 1.82) is 0 Å². The van der Waals surface area contributed by atoms with Crippen molar-refractivity contribution in [2.75, 3.05) is 13.2 Å². The number of amides is 1. The number of carbonyl (C=O) groups is 2. The second-order valence-corrected chi connectivity index (χ2v) is 17.1. The summed E-state index contributed by atoms with van der Waals surface area (Å²) < 4.78 is 5.44. The molecule has 3 N–H and O–H groups in total. The van der Waals surface area contributed by atoms with Crippen molar-refractivity contribution in [3.8, 4) is 0 Å². The number of carbonyl (C=O) groups excluding carboxylic acids is 2. The van der Waals surface area contributed by atoms with Crippen LogP contribution in [0.25, 0.3) is 0 Å². The Morgan fingerprint density at radius 2 is 0.842 bits per heavy atom. The number of ether oxygens (including phenoxy) is 1. The van der Waals surface area contributed by atoms with Crippen molar-refractivity contribution in [2.45, 2.75) is 276 Å². The van der Waals surface area contributed by atoms with Crippen LogP contribution < -0.4 is 5.32 Å². The number of aliphatic hydroxyl groups excluding tert-OH is 2. The molecule has 6 heteroatoms. The first kappa shape index (κ1) is 55.3. The minimum Gasteiger partial charge on any atom is -0.466 e. The van der Waals surface area contributed by atoms with Gasteiger partial charge in [0.25, 0.3) is 0 Å². The zero-order valence-corrected chi connectivity index (χ0v) is 38.1. The van der Waals surface area contributed by atoms with Gasteiger partial charge < -0.3 is 20.3 Å². The third-order valence-corrected chi connectivity index (χ3v) is 11.5. The first-order chi connectivity index (χ1) is 28.0. The van der Waals surface area contributed by atoms with E-state index in [-0.39, 0.29) is 18.5 Å². The topological polar surface area (TPSA) is 95.9 Å². The number of nitrogens with one attached hydrogen (secondary N) is 1. The average Bonchev–Trinajstić information content (AvgIpc) is 3.21. The monoisotopic (exact) mass is 804 g/mol. The minimum absolute atomic E-state index is 0.0149. The zero-order chi connectivity index (χ0) is 41.5. The fourth-order valence-electron chi connectivity index (χ4n) is 7.55. The molecule has 0 aliphatic carbocycles. The van der Waals surface area contributed by atoms with Crippen LogP contribution >= 0.6 is 0 Å². The van der Waals surface area contributed by atoms with Gasteiger partial charge in [0.15, 0.2) is 0 Å². The third-order valence-electron chi connectivity index (χ3n) is 11.5. The normalized spacial score (nSPS) is 12.8. The summed E-state index contributed by atoms with van der Waals surface area (Å²) in [5.74, 6) is -0.0936. The molecule has 0 aliphatic rings. The van der Waals surface area contributed by atoms with Crippen molar-refractivity contribution in [2.24, 2.45) is 0 Å². The Hall–Kier alpha value is -1.66. The van der Waals surface area contributed by atoms with Crippen molar-refractivity contribution in [3.05, 3.63) is 24.3 Å². The molecule has 1 amide bonds. The number of esters is 1. The van der Waals surface area contributed by atoms with Crippen LogP contribution in [0.1, 0.15) is 264 Å². The molecule has 0 aromatic rings. The Kier molecular flexibility index (Phi) is 45.7. The van der Waals surface area contributed by atoms with E-state index in [0.29, 0.717) is 19.4 Å². The molecular formula is C51H97NO5. The first-order valence-corrected chi connectivity index (χ1v) is 25.1. The van der Waals surface area contributed by atoms with Crippen LogP contribution in [0.4, 0.5) is 0 Å². The van der Waals surface area contributed by atoms with E-state index in [1.165, 1.54) is 180 Å². The van der Waals surface area contributed by atoms with E-state index in [1.54, 1.807) is 6.08 Å². The Balaban J connectivity index is 3.49. The minimum atomic E-state index is -0.850. The molecule has 0 radical (unpaired) electrons. The third kappa shape index (κ3) is 43.7. The SMILES string of the molecule is CCCC/C=C\CCCCCCCC(=O)OCCCCCCCCCCCCCCCCC(=O)NC(CO)C(O)/C=C/CCCCCCCCCCCCCCC. The van der Waals surface area contributed by atoms with Gasteiger partial charge in [-0.2, -0.15) is 0 Å². The number of hydrogen-bond acceptors (Lipinski definition) is 5. The maximum absolute atomic E-state index is 12.4. The van der Waals surface area contributed by atoms with Gasteiger partial charge in [0.2, 0.25) is 5.91 Å². The molecule has 2 atom stereocenters. The smallest absolute Gasteiger partial charge is 0.305 e. The van der Waals surface area contributed by atoms with Gasteiger partial charge in [0.1, 0.15) is 0 Å². The molecule has 0 heterocycles. The van der Waals surface area contributed by atoms with Crippen LogP contribution in [0.5, 0.6) is 0 Å². The van der Waals surface area contributed by atoms with Gasteiger partial charge in [0.05, 0.1) is 25.4 Å². The second-order valence-electron chi connectivity index (χ2n) is 17.1. The van der Waals surface area contributed by atoms with Gasteiger partial charge in [-0.1, -0.05) is 224 Å². The molecule has 0 aromatic carbocycles. The van der Waals surface area contributed by atoms with E-state index in [4.69, 9.17) is 4.74 Å². The van der Waals surface area contributed by atoms with E-state index < -0.39 is 12.1 Å². The molecule has 0 fully saturated rings. The molecule has 57 heavy (non-hydrogen) atoms. The van der Waals surface area contributed by atoms with Crippen molar-refractivity contribution < 1.29 is 24.5 Å². The van der Waals surface area contributed by atoms with Crippen LogP contribution in [-0.4, -0.2) is 47.4 Å². The quantitative estimate of drug-likeness (QED) is 0.0324. The summed E-state index contributed by atoms with van der Waals surface area (Å²) in [6.45, 7) is 4.84. The van der Waals surface area contributed by atoms with Crippen molar-refractivity contribution in [1.82, 2.24) is 5.32 Å². The molecule has 6 nitrogen and oxygen atoms in total. The van der Waals surface area contributed by atoms with E-state index in [9.17, 15) is 19.8 Å². The second kappa shape index (κ2) is 47.0. The molecule has 0 aliphatic heterocycles. The molecule has 0 saturated carbocycles. The number of unbranched alkanes of at least 4 members (excludes halogenated alkanes) is 33. The highest BCUT2D eigenvalue weighted by atomic mass is 16.5. The fraction of sp³-hybridized carbons (Fsp3) is 0.882. The Labute approximate surface area is 354 Å². The van der Waals surface area contributed by atoms with Crippen molar-refractivity contribution >= 4 is 11.9 Å². The van der Waals surface area contributed by atoms with Gasteiger partial charge in [-0.3, -0.25) is 9.59 Å². The lowest BCUT2D eigenvalue weighted by Crippen LogP contribution is -2.45. The highest BCUT2D eigenvalue weighted by Crippen LogP contribution is 2.16. The van der Waals surface area contributed by atoms with Gasteiger partial charge >= 0.3 is 5.97 Å². The van der Waals surface area contributed by atoms with Crippen LogP contribution in [-0.2, 0) is 14.3 Å². The van der Waals surface area contributed by atoms with Gasteiger partial charge in [-0.05, 0) is 51.4 Å². The lowest BCUT2D eigenvalue weighted by Gasteiger charge is -2.20. The van der Waals surface area contributed by atoms with Crippen LogP contribution in [0, 0.1) is 0 Å². The average molecular weight is 804 g/mol. The molecule has 0 aromatic heterocycles. The van der Waals surface area contributed by atoms with E-state index >= 15 is 0 Å². The van der Waals surface area contributed by atoms with Gasteiger partial charge in [-0.15, -0.1) is 0 Å². The molecule has 0 spiro atoms. The summed E-state index contributed by atoms with van der Waals surface area (Å²) in [5, 5.41) is 23.0. The van der Waals surface area contributed by atoms with Crippen LogP contribution in [0.3, 0.4) is 0 Å². The summed E-state index contributed by atoms with van der Waals surface area (Å²) in [4.78, 5) is 24.4. The number of allylic oxidation sites excluding steroid dienone is 3. The summed E-state index contributed by atoms with van der Waals surface area (Å²) in [6.07, 6.45) is 54.5. The van der Waals surface area contributed by atoms with Crippen LogP contribution in [0.2, 0.25) is 0 Å². The standard InChI is InChI=1S/C51H97NO5/c1-3-5-7-9-11-13-15-16-17-20-24-27-31-35-39-43-49(54)48(47-53)52-50(55)44-40-36-32-28-25-21-18-19-22-26-30-34-38-42-46-57-51(56)45-41-37-33-29-23-14-12-10-8-6-4-2/h10,12,39,43,48-49,53-54H,3-9,11,13-38,40-42,44-47H2,1-2H3,(H,52,55)/b12-10-,43-39+. The summed E-state index contributed by atoms with van der Waals surface area (Å²) in [5.41, 5.74) is 0. The molecule has 0 rings (SSSR count). The predicted molar refractivity (Wildman–Crippen MR) is 246 cm³/mol. The summed E-state index contributed by atoms with van der Waals surface area (Å²) >= 11 is 0. The van der Waals surface area contributed by atoms with Gasteiger partial charge in [-0.25, -0.2) is 0 Å². The zero-order valence-electron chi connectivity index (χ0n) is 38.1. The van der Waals surface area contributed by atoms with E-state index in [0.717, 1.165) is 57.8 Å². The Morgan fingerprint density at radius 1 is 0.474 bits per heavy atom.